The molecule has 2 bridgehead atoms. The number of rotatable bonds is 3. The maximum atomic E-state index is 12.6. The van der Waals surface area contributed by atoms with Crippen LogP contribution in [0.25, 0.3) is 0 Å². The third kappa shape index (κ3) is 2.79. The van der Waals surface area contributed by atoms with Crippen molar-refractivity contribution in [3.05, 3.63) is 17.0 Å². The number of carbonyl (C=O) groups is 2. The van der Waals surface area contributed by atoms with E-state index < -0.39 is 0 Å². The van der Waals surface area contributed by atoms with Crippen molar-refractivity contribution in [1.29, 1.82) is 0 Å². The summed E-state index contributed by atoms with van der Waals surface area (Å²) < 4.78 is 1.67. The van der Waals surface area contributed by atoms with E-state index in [1.54, 1.807) is 11.6 Å². The van der Waals surface area contributed by atoms with Gasteiger partial charge in [-0.25, -0.2) is 0 Å². The van der Waals surface area contributed by atoms with E-state index in [4.69, 9.17) is 0 Å². The summed E-state index contributed by atoms with van der Waals surface area (Å²) in [6.07, 6.45) is 3.41. The van der Waals surface area contributed by atoms with Gasteiger partial charge in [0.1, 0.15) is 6.54 Å². The first-order valence-electron chi connectivity index (χ1n) is 8.04. The van der Waals surface area contributed by atoms with Gasteiger partial charge in [0, 0.05) is 30.9 Å². The lowest BCUT2D eigenvalue weighted by molar-refractivity contribution is -0.132. The lowest BCUT2D eigenvalue weighted by atomic mass is 10.1. The molecule has 3 rings (SSSR count). The molecule has 2 unspecified atom stereocenters. The van der Waals surface area contributed by atoms with Gasteiger partial charge in [-0.2, -0.15) is 5.10 Å². The summed E-state index contributed by atoms with van der Waals surface area (Å²) in [7, 11) is 0. The van der Waals surface area contributed by atoms with Crippen molar-refractivity contribution < 1.29 is 9.59 Å². The molecule has 0 radical (unpaired) electrons. The molecule has 2 aliphatic heterocycles. The summed E-state index contributed by atoms with van der Waals surface area (Å²) in [5.74, 6) is 0.0973. The number of likely N-dealkylation sites (tertiary alicyclic amines) is 1. The predicted molar refractivity (Wildman–Crippen MR) is 82.8 cm³/mol. The van der Waals surface area contributed by atoms with E-state index in [2.05, 4.69) is 10.4 Å². The van der Waals surface area contributed by atoms with Crippen molar-refractivity contribution in [3.63, 3.8) is 0 Å². The first kappa shape index (κ1) is 15.2. The molecule has 2 aliphatic rings. The fourth-order valence-corrected chi connectivity index (χ4v) is 3.76. The Balaban J connectivity index is 1.72. The van der Waals surface area contributed by atoms with Crippen LogP contribution in [0, 0.1) is 13.8 Å². The number of amides is 1. The normalized spacial score (nSPS) is 24.4. The number of hydrogen-bond acceptors (Lipinski definition) is 4. The van der Waals surface area contributed by atoms with Gasteiger partial charge < -0.3 is 10.2 Å². The molecule has 6 heteroatoms. The highest BCUT2D eigenvalue weighted by Gasteiger charge is 2.31. The van der Waals surface area contributed by atoms with Crippen LogP contribution in [-0.2, 0) is 11.3 Å². The van der Waals surface area contributed by atoms with Crippen LogP contribution in [0.3, 0.4) is 0 Å². The molecular formula is C16H24N4O2. The Labute approximate surface area is 130 Å². The molecule has 1 aromatic rings. The minimum atomic E-state index is 0.00461. The number of nitrogens with one attached hydrogen (secondary N) is 1. The largest absolute Gasteiger partial charge is 0.339 e. The van der Waals surface area contributed by atoms with Gasteiger partial charge in [0.05, 0.1) is 11.3 Å². The molecule has 1 amide bonds. The monoisotopic (exact) mass is 304 g/mol. The molecule has 2 atom stereocenters. The number of fused-ring (bicyclic) bond motifs is 2. The van der Waals surface area contributed by atoms with Crippen LogP contribution in [0.15, 0.2) is 0 Å². The summed E-state index contributed by atoms with van der Waals surface area (Å²) in [5, 5.41) is 7.95. The highest BCUT2D eigenvalue weighted by atomic mass is 16.2. The molecule has 1 N–H and O–H groups in total. The number of carbonyl (C=O) groups excluding carboxylic acids is 2. The average molecular weight is 304 g/mol. The standard InChI is InChI=1S/C16H24N4O2/c1-10-16(12(3)21)11(2)20(18-10)9-15(22)19-7-6-13-4-5-14(8-19)17-13/h13-14,17H,4-9H2,1-3H3. The van der Waals surface area contributed by atoms with Crippen LogP contribution in [-0.4, -0.2) is 51.5 Å². The Kier molecular flexibility index (Phi) is 4.04. The number of Topliss-reactive ketones (excluding diaryl/α,β-unsaturated/α-hetero) is 1. The fourth-order valence-electron chi connectivity index (χ4n) is 3.76. The van der Waals surface area contributed by atoms with E-state index in [-0.39, 0.29) is 18.2 Å². The van der Waals surface area contributed by atoms with Crippen molar-refractivity contribution in [1.82, 2.24) is 20.0 Å². The quantitative estimate of drug-likeness (QED) is 0.848. The Morgan fingerprint density at radius 2 is 1.95 bits per heavy atom. The van der Waals surface area contributed by atoms with Crippen molar-refractivity contribution in [2.24, 2.45) is 0 Å². The summed E-state index contributed by atoms with van der Waals surface area (Å²) in [4.78, 5) is 26.2. The number of hydrogen-bond donors (Lipinski definition) is 1. The predicted octanol–water partition coefficient (Wildman–Crippen LogP) is 1.06. The lowest BCUT2D eigenvalue weighted by Crippen LogP contribution is -2.40. The molecule has 22 heavy (non-hydrogen) atoms. The minimum absolute atomic E-state index is 0.00461. The number of aryl methyl sites for hydroxylation is 1. The first-order chi connectivity index (χ1) is 10.5. The molecule has 0 aromatic carbocycles. The summed E-state index contributed by atoms with van der Waals surface area (Å²) >= 11 is 0. The second kappa shape index (κ2) is 5.83. The minimum Gasteiger partial charge on any atom is -0.339 e. The lowest BCUT2D eigenvalue weighted by Gasteiger charge is -2.24. The van der Waals surface area contributed by atoms with Gasteiger partial charge in [0.2, 0.25) is 5.91 Å². The zero-order valence-electron chi connectivity index (χ0n) is 13.6. The summed E-state index contributed by atoms with van der Waals surface area (Å²) in [5.41, 5.74) is 2.13. The van der Waals surface area contributed by atoms with Gasteiger partial charge in [-0.3, -0.25) is 14.3 Å². The van der Waals surface area contributed by atoms with Crippen LogP contribution in [0.1, 0.15) is 47.9 Å². The van der Waals surface area contributed by atoms with Gasteiger partial charge in [0.25, 0.3) is 0 Å². The SMILES string of the molecule is CC(=O)c1c(C)nn(CC(=O)N2CCC3CCC(C2)N3)c1C. The van der Waals surface area contributed by atoms with Crippen molar-refractivity contribution in [2.75, 3.05) is 13.1 Å². The van der Waals surface area contributed by atoms with Gasteiger partial charge in [0.15, 0.2) is 5.78 Å². The van der Waals surface area contributed by atoms with Gasteiger partial charge in [-0.1, -0.05) is 0 Å². The van der Waals surface area contributed by atoms with Gasteiger partial charge >= 0.3 is 0 Å². The second-order valence-corrected chi connectivity index (χ2v) is 6.53. The highest BCUT2D eigenvalue weighted by Crippen LogP contribution is 2.21. The zero-order chi connectivity index (χ0) is 15.9. The van der Waals surface area contributed by atoms with Crippen LogP contribution < -0.4 is 5.32 Å². The number of ketones is 1. The van der Waals surface area contributed by atoms with Gasteiger partial charge in [-0.05, 0) is 40.0 Å². The molecule has 6 nitrogen and oxygen atoms in total. The highest BCUT2D eigenvalue weighted by molar-refractivity contribution is 5.96. The molecule has 120 valence electrons. The summed E-state index contributed by atoms with van der Waals surface area (Å²) in [6.45, 7) is 7.03. The molecule has 3 heterocycles. The Morgan fingerprint density at radius 1 is 1.23 bits per heavy atom. The maximum Gasteiger partial charge on any atom is 0.244 e. The Bertz CT molecular complexity index is 608. The van der Waals surface area contributed by atoms with E-state index in [0.29, 0.717) is 23.3 Å². The molecule has 0 aliphatic carbocycles. The third-order valence-corrected chi connectivity index (χ3v) is 4.89. The molecule has 0 spiro atoms. The second-order valence-electron chi connectivity index (χ2n) is 6.53. The molecule has 2 saturated heterocycles. The van der Waals surface area contributed by atoms with E-state index >= 15 is 0 Å². The number of nitrogens with zero attached hydrogens (tertiary/aromatic N) is 3. The molecule has 0 saturated carbocycles. The van der Waals surface area contributed by atoms with E-state index in [9.17, 15) is 9.59 Å². The van der Waals surface area contributed by atoms with Crippen LogP contribution >= 0.6 is 0 Å². The maximum absolute atomic E-state index is 12.6. The Morgan fingerprint density at radius 3 is 2.64 bits per heavy atom. The molecule has 2 fully saturated rings. The summed E-state index contributed by atoms with van der Waals surface area (Å²) in [6, 6.07) is 1.01. The van der Waals surface area contributed by atoms with Gasteiger partial charge in [-0.15, -0.1) is 0 Å². The molecule has 1 aromatic heterocycles. The van der Waals surface area contributed by atoms with E-state index in [0.717, 1.165) is 31.6 Å². The van der Waals surface area contributed by atoms with Crippen molar-refractivity contribution in [3.8, 4) is 0 Å². The van der Waals surface area contributed by atoms with Crippen LogP contribution in [0.5, 0.6) is 0 Å². The smallest absolute Gasteiger partial charge is 0.244 e. The van der Waals surface area contributed by atoms with Crippen LogP contribution in [0.4, 0.5) is 0 Å². The average Bonchev–Trinajstić information content (AvgIpc) is 2.89. The number of aromatic nitrogens is 2. The molecular weight excluding hydrogens is 280 g/mol. The van der Waals surface area contributed by atoms with E-state index in [1.807, 2.05) is 18.7 Å². The van der Waals surface area contributed by atoms with Crippen LogP contribution in [0.2, 0.25) is 0 Å². The van der Waals surface area contributed by atoms with E-state index in [1.165, 1.54) is 6.42 Å². The van der Waals surface area contributed by atoms with Crippen molar-refractivity contribution in [2.45, 2.75) is 58.7 Å². The van der Waals surface area contributed by atoms with Crippen molar-refractivity contribution >= 4 is 11.7 Å². The fraction of sp³-hybridized carbons (Fsp3) is 0.688. The zero-order valence-corrected chi connectivity index (χ0v) is 13.6. The first-order valence-corrected chi connectivity index (χ1v) is 8.04. The Hall–Kier alpha value is -1.69. The third-order valence-electron chi connectivity index (χ3n) is 4.89. The topological polar surface area (TPSA) is 67.2 Å².